The molecule has 0 heterocycles. The number of benzene rings is 2. The van der Waals surface area contributed by atoms with Crippen molar-refractivity contribution in [3.63, 3.8) is 0 Å². The molecule has 2 rings (SSSR count). The molecule has 0 saturated heterocycles. The maximum atomic E-state index is 11.1. The number of nitro groups is 1. The molecule has 0 fully saturated rings. The highest BCUT2D eigenvalue weighted by Gasteiger charge is 2.13. The second kappa shape index (κ2) is 5.87. The number of rotatable bonds is 3. The molecule has 0 bridgehead atoms. The van der Waals surface area contributed by atoms with Crippen molar-refractivity contribution in [1.29, 1.82) is 0 Å². The number of halogens is 2. The third kappa shape index (κ3) is 3.56. The van der Waals surface area contributed by atoms with Crippen LogP contribution in [0.2, 0.25) is 10.0 Å². The van der Waals surface area contributed by atoms with Gasteiger partial charge in [-0.1, -0.05) is 41.4 Å². The Kier molecular flexibility index (Phi) is 4.20. The predicted molar refractivity (Wildman–Crippen MR) is 77.8 cm³/mol. The van der Waals surface area contributed by atoms with E-state index in [2.05, 4.69) is 0 Å². The van der Waals surface area contributed by atoms with Gasteiger partial charge in [0.25, 0.3) is 5.70 Å². The molecule has 0 spiro atoms. The SMILES string of the molecule is O=[N+]([O-])C(=Cc1cc(Cl)cc(Cl)c1)c1ccccc1. The highest BCUT2D eigenvalue weighted by Crippen LogP contribution is 2.24. The summed E-state index contributed by atoms with van der Waals surface area (Å²) in [4.78, 5) is 10.7. The molecular weight excluding hydrogens is 285 g/mol. The first kappa shape index (κ1) is 13.6. The molecule has 0 aromatic heterocycles. The predicted octanol–water partition coefficient (Wildman–Crippen LogP) is 4.77. The minimum Gasteiger partial charge on any atom is -0.258 e. The van der Waals surface area contributed by atoms with Gasteiger partial charge in [-0.05, 0) is 35.9 Å². The fourth-order valence-corrected chi connectivity index (χ4v) is 2.21. The normalized spacial score (nSPS) is 11.4. The van der Waals surface area contributed by atoms with Gasteiger partial charge in [0.15, 0.2) is 0 Å². The van der Waals surface area contributed by atoms with Gasteiger partial charge in [-0.15, -0.1) is 0 Å². The summed E-state index contributed by atoms with van der Waals surface area (Å²) in [5, 5.41) is 12.0. The molecule has 0 amide bonds. The molecule has 0 saturated carbocycles. The summed E-state index contributed by atoms with van der Waals surface area (Å²) in [6, 6.07) is 13.5. The lowest BCUT2D eigenvalue weighted by molar-refractivity contribution is -0.374. The van der Waals surface area contributed by atoms with Gasteiger partial charge in [-0.3, -0.25) is 10.1 Å². The van der Waals surface area contributed by atoms with E-state index in [1.54, 1.807) is 48.5 Å². The minimum atomic E-state index is -0.426. The monoisotopic (exact) mass is 293 g/mol. The van der Waals surface area contributed by atoms with E-state index in [4.69, 9.17) is 23.2 Å². The van der Waals surface area contributed by atoms with Crippen LogP contribution in [0.15, 0.2) is 48.5 Å². The Morgan fingerprint density at radius 2 is 1.63 bits per heavy atom. The van der Waals surface area contributed by atoms with Crippen molar-refractivity contribution in [2.75, 3.05) is 0 Å². The van der Waals surface area contributed by atoms with Gasteiger partial charge < -0.3 is 0 Å². The summed E-state index contributed by atoms with van der Waals surface area (Å²) in [5.41, 5.74) is 1.12. The number of hydrogen-bond acceptors (Lipinski definition) is 2. The lowest BCUT2D eigenvalue weighted by Gasteiger charge is -2.00. The van der Waals surface area contributed by atoms with E-state index in [1.807, 2.05) is 0 Å². The minimum absolute atomic E-state index is 0.000988. The maximum absolute atomic E-state index is 11.1. The first-order valence-corrected chi connectivity index (χ1v) is 6.19. The standard InChI is InChI=1S/C14H9Cl2NO2/c15-12-6-10(7-13(16)9-12)8-14(17(18)19)11-4-2-1-3-5-11/h1-9H. The van der Waals surface area contributed by atoms with Gasteiger partial charge in [-0.25, -0.2) is 0 Å². The molecule has 3 nitrogen and oxygen atoms in total. The Hall–Kier alpha value is -1.84. The van der Waals surface area contributed by atoms with Gasteiger partial charge in [-0.2, -0.15) is 0 Å². The molecule has 0 atom stereocenters. The molecule has 0 aliphatic heterocycles. The van der Waals surface area contributed by atoms with E-state index in [0.29, 0.717) is 21.2 Å². The fraction of sp³-hybridized carbons (Fsp3) is 0. The summed E-state index contributed by atoms with van der Waals surface area (Å²) in [5.74, 6) is 0. The highest BCUT2D eigenvalue weighted by atomic mass is 35.5. The van der Waals surface area contributed by atoms with Crippen LogP contribution in [-0.2, 0) is 0 Å². The molecule has 5 heteroatoms. The van der Waals surface area contributed by atoms with Gasteiger partial charge >= 0.3 is 0 Å². The molecule has 96 valence electrons. The Morgan fingerprint density at radius 3 is 2.16 bits per heavy atom. The van der Waals surface area contributed by atoms with Gasteiger partial charge in [0.1, 0.15) is 0 Å². The fourth-order valence-electron chi connectivity index (χ4n) is 1.67. The van der Waals surface area contributed by atoms with Crippen LogP contribution in [-0.4, -0.2) is 4.92 Å². The van der Waals surface area contributed by atoms with Crippen LogP contribution in [0.5, 0.6) is 0 Å². The summed E-state index contributed by atoms with van der Waals surface area (Å²) < 4.78 is 0. The molecule has 0 aliphatic carbocycles. The van der Waals surface area contributed by atoms with Gasteiger partial charge in [0, 0.05) is 16.1 Å². The van der Waals surface area contributed by atoms with Crippen molar-refractivity contribution >= 4 is 35.0 Å². The molecule has 0 aliphatic rings. The van der Waals surface area contributed by atoms with E-state index in [1.165, 1.54) is 6.08 Å². The number of nitrogens with zero attached hydrogens (tertiary/aromatic N) is 1. The van der Waals surface area contributed by atoms with Crippen LogP contribution >= 0.6 is 23.2 Å². The van der Waals surface area contributed by atoms with Crippen molar-refractivity contribution in [2.45, 2.75) is 0 Å². The van der Waals surface area contributed by atoms with Crippen molar-refractivity contribution in [2.24, 2.45) is 0 Å². The Labute approximate surface area is 120 Å². The average Bonchev–Trinajstić information content (AvgIpc) is 2.35. The van der Waals surface area contributed by atoms with E-state index in [0.717, 1.165) is 0 Å². The first-order chi connectivity index (χ1) is 9.06. The van der Waals surface area contributed by atoms with Crippen LogP contribution in [0.4, 0.5) is 0 Å². The van der Waals surface area contributed by atoms with Gasteiger partial charge in [0.2, 0.25) is 0 Å². The Balaban J connectivity index is 2.50. The third-order valence-electron chi connectivity index (χ3n) is 2.45. The first-order valence-electron chi connectivity index (χ1n) is 5.44. The van der Waals surface area contributed by atoms with Gasteiger partial charge in [0.05, 0.1) is 10.5 Å². The van der Waals surface area contributed by atoms with Crippen molar-refractivity contribution in [3.8, 4) is 0 Å². The zero-order valence-corrected chi connectivity index (χ0v) is 11.2. The zero-order valence-electron chi connectivity index (χ0n) is 9.72. The Bertz CT molecular complexity index is 619. The van der Waals surface area contributed by atoms with E-state index in [-0.39, 0.29) is 5.70 Å². The lowest BCUT2D eigenvalue weighted by atomic mass is 10.1. The zero-order chi connectivity index (χ0) is 13.8. The quantitative estimate of drug-likeness (QED) is 0.465. The summed E-state index contributed by atoms with van der Waals surface area (Å²) in [6.07, 6.45) is 1.45. The lowest BCUT2D eigenvalue weighted by Crippen LogP contribution is -1.97. The molecule has 0 N–H and O–H groups in total. The third-order valence-corrected chi connectivity index (χ3v) is 2.89. The van der Waals surface area contributed by atoms with Crippen LogP contribution in [0.1, 0.15) is 11.1 Å². The van der Waals surface area contributed by atoms with Crippen molar-refractivity contribution in [1.82, 2.24) is 0 Å². The average molecular weight is 294 g/mol. The van der Waals surface area contributed by atoms with Crippen molar-refractivity contribution < 1.29 is 4.92 Å². The topological polar surface area (TPSA) is 43.1 Å². The molecule has 2 aromatic carbocycles. The largest absolute Gasteiger partial charge is 0.277 e. The van der Waals surface area contributed by atoms with Crippen LogP contribution in [0.3, 0.4) is 0 Å². The molecule has 2 aromatic rings. The molecular formula is C14H9Cl2NO2. The highest BCUT2D eigenvalue weighted by molar-refractivity contribution is 6.34. The summed E-state index contributed by atoms with van der Waals surface area (Å²) >= 11 is 11.8. The summed E-state index contributed by atoms with van der Waals surface area (Å²) in [6.45, 7) is 0. The Morgan fingerprint density at radius 1 is 1.05 bits per heavy atom. The second-order valence-corrected chi connectivity index (χ2v) is 4.73. The molecule has 19 heavy (non-hydrogen) atoms. The van der Waals surface area contributed by atoms with Crippen molar-refractivity contribution in [3.05, 3.63) is 79.8 Å². The summed E-state index contributed by atoms with van der Waals surface area (Å²) in [7, 11) is 0. The molecule has 0 unspecified atom stereocenters. The van der Waals surface area contributed by atoms with Crippen LogP contribution in [0.25, 0.3) is 11.8 Å². The smallest absolute Gasteiger partial charge is 0.258 e. The van der Waals surface area contributed by atoms with E-state index >= 15 is 0 Å². The molecule has 0 radical (unpaired) electrons. The number of hydrogen-bond donors (Lipinski definition) is 0. The van der Waals surface area contributed by atoms with Crippen LogP contribution < -0.4 is 0 Å². The second-order valence-electron chi connectivity index (χ2n) is 3.86. The van der Waals surface area contributed by atoms with E-state index < -0.39 is 4.92 Å². The van der Waals surface area contributed by atoms with E-state index in [9.17, 15) is 10.1 Å². The maximum Gasteiger partial charge on any atom is 0.277 e. The van der Waals surface area contributed by atoms with Crippen LogP contribution in [0, 0.1) is 10.1 Å².